The van der Waals surface area contributed by atoms with Crippen LogP contribution in [0.1, 0.15) is 17.6 Å². The summed E-state index contributed by atoms with van der Waals surface area (Å²) in [4.78, 5) is 4.23. The lowest BCUT2D eigenvalue weighted by Crippen LogP contribution is -2.06. The first-order chi connectivity index (χ1) is 5.72. The highest BCUT2D eigenvalue weighted by atomic mass is 32.1. The molecule has 0 bridgehead atoms. The number of rotatable bonds is 3. The van der Waals surface area contributed by atoms with Gasteiger partial charge in [0.2, 0.25) is 0 Å². The van der Waals surface area contributed by atoms with Crippen molar-refractivity contribution in [3.8, 4) is 0 Å². The van der Waals surface area contributed by atoms with E-state index in [-0.39, 0.29) is 0 Å². The van der Waals surface area contributed by atoms with Crippen LogP contribution < -0.4 is 0 Å². The highest BCUT2D eigenvalue weighted by Crippen LogP contribution is 2.08. The summed E-state index contributed by atoms with van der Waals surface area (Å²) in [5, 5.41) is 10.4. The molecule has 1 aromatic heterocycles. The van der Waals surface area contributed by atoms with Crippen LogP contribution in [0.15, 0.2) is 5.38 Å². The van der Waals surface area contributed by atoms with Gasteiger partial charge in [-0.2, -0.15) is 0 Å². The third-order valence-corrected chi connectivity index (χ3v) is 2.15. The summed E-state index contributed by atoms with van der Waals surface area (Å²) in [5.74, 6) is 0.294. The first kappa shape index (κ1) is 9.19. The highest BCUT2D eigenvalue weighted by Gasteiger charge is 2.02. The predicted octanol–water partition coefficient (Wildman–Crippen LogP) is 2.01. The monoisotopic (exact) mass is 184 g/mol. The van der Waals surface area contributed by atoms with Gasteiger partial charge in [0.25, 0.3) is 0 Å². The molecule has 0 unspecified atom stereocenters. The Morgan fingerprint density at radius 1 is 1.75 bits per heavy atom. The van der Waals surface area contributed by atoms with Crippen LogP contribution in [0.2, 0.25) is 0 Å². The summed E-state index contributed by atoms with van der Waals surface area (Å²) in [5.41, 5.74) is 0.927. The molecule has 0 atom stereocenters. The average molecular weight is 184 g/mol. The molecule has 0 fully saturated rings. The van der Waals surface area contributed by atoms with E-state index in [4.69, 9.17) is 10.1 Å². The van der Waals surface area contributed by atoms with Crippen LogP contribution in [0.3, 0.4) is 0 Å². The number of hydrogen-bond acceptors (Lipinski definition) is 4. The van der Waals surface area contributed by atoms with Crippen LogP contribution in [-0.4, -0.2) is 17.5 Å². The van der Waals surface area contributed by atoms with E-state index >= 15 is 0 Å². The van der Waals surface area contributed by atoms with Gasteiger partial charge in [-0.3, -0.25) is 5.41 Å². The van der Waals surface area contributed by atoms with E-state index in [2.05, 4.69) is 4.98 Å². The van der Waals surface area contributed by atoms with Gasteiger partial charge in [-0.1, -0.05) is 0 Å². The fraction of sp³-hybridized carbons (Fsp3) is 0.500. The van der Waals surface area contributed by atoms with Crippen molar-refractivity contribution >= 4 is 17.2 Å². The van der Waals surface area contributed by atoms with E-state index in [0.29, 0.717) is 18.9 Å². The summed E-state index contributed by atoms with van der Waals surface area (Å²) < 4.78 is 5.00. The molecule has 0 aliphatic heterocycles. The normalized spacial score (nSPS) is 9.83. The summed E-state index contributed by atoms with van der Waals surface area (Å²) in [6.07, 6.45) is 0.512. The SMILES string of the molecule is CCOC(=N)Cc1csc(C)n1. The topological polar surface area (TPSA) is 46.0 Å². The Balaban J connectivity index is 2.46. The third kappa shape index (κ3) is 2.62. The van der Waals surface area contributed by atoms with Gasteiger partial charge >= 0.3 is 0 Å². The zero-order chi connectivity index (χ0) is 8.97. The van der Waals surface area contributed by atoms with Gasteiger partial charge < -0.3 is 4.74 Å². The lowest BCUT2D eigenvalue weighted by molar-refractivity contribution is 0.316. The van der Waals surface area contributed by atoms with Crippen LogP contribution in [-0.2, 0) is 11.2 Å². The molecule has 3 nitrogen and oxygen atoms in total. The van der Waals surface area contributed by atoms with E-state index in [1.54, 1.807) is 11.3 Å². The Morgan fingerprint density at radius 3 is 3.00 bits per heavy atom. The number of nitrogens with zero attached hydrogens (tertiary/aromatic N) is 1. The minimum absolute atomic E-state index is 0.294. The third-order valence-electron chi connectivity index (χ3n) is 1.33. The van der Waals surface area contributed by atoms with Crippen LogP contribution in [0.25, 0.3) is 0 Å². The Morgan fingerprint density at radius 2 is 2.50 bits per heavy atom. The Kier molecular flexibility index (Phi) is 3.22. The molecule has 1 aromatic rings. The molecule has 1 rings (SSSR count). The second-order valence-electron chi connectivity index (χ2n) is 2.39. The lowest BCUT2D eigenvalue weighted by atomic mass is 10.3. The second-order valence-corrected chi connectivity index (χ2v) is 3.45. The molecule has 0 radical (unpaired) electrons. The Labute approximate surface area is 75.9 Å². The van der Waals surface area contributed by atoms with Gasteiger partial charge in [-0.15, -0.1) is 11.3 Å². The number of ether oxygens (including phenoxy) is 1. The van der Waals surface area contributed by atoms with Gasteiger partial charge in [-0.05, 0) is 13.8 Å². The molecule has 0 saturated carbocycles. The van der Waals surface area contributed by atoms with E-state index in [0.717, 1.165) is 10.7 Å². The number of aryl methyl sites for hydroxylation is 1. The second kappa shape index (κ2) is 4.21. The molecule has 12 heavy (non-hydrogen) atoms. The van der Waals surface area contributed by atoms with Crippen LogP contribution in [0, 0.1) is 12.3 Å². The summed E-state index contributed by atoms with van der Waals surface area (Å²) in [7, 11) is 0. The van der Waals surface area contributed by atoms with Crippen molar-refractivity contribution in [3.05, 3.63) is 16.1 Å². The molecular formula is C8H12N2OS. The number of nitrogens with one attached hydrogen (secondary N) is 1. The van der Waals surface area contributed by atoms with Crippen LogP contribution in [0.4, 0.5) is 0 Å². The fourth-order valence-electron chi connectivity index (χ4n) is 0.879. The molecule has 1 N–H and O–H groups in total. The molecule has 1 heterocycles. The summed E-state index contributed by atoms with van der Waals surface area (Å²) >= 11 is 1.60. The number of aromatic nitrogens is 1. The van der Waals surface area contributed by atoms with Crippen molar-refractivity contribution in [2.24, 2.45) is 0 Å². The maximum absolute atomic E-state index is 7.38. The molecule has 0 aliphatic carbocycles. The smallest absolute Gasteiger partial charge is 0.186 e. The zero-order valence-corrected chi connectivity index (χ0v) is 8.07. The molecule has 4 heteroatoms. The summed E-state index contributed by atoms with van der Waals surface area (Å²) in [6, 6.07) is 0. The summed E-state index contributed by atoms with van der Waals surface area (Å²) in [6.45, 7) is 4.39. The van der Waals surface area contributed by atoms with Crippen molar-refractivity contribution < 1.29 is 4.74 Å². The first-order valence-corrected chi connectivity index (χ1v) is 4.71. The minimum atomic E-state index is 0.294. The van der Waals surface area contributed by atoms with Gasteiger partial charge in [0.05, 0.1) is 23.7 Å². The first-order valence-electron chi connectivity index (χ1n) is 3.83. The number of hydrogen-bond donors (Lipinski definition) is 1. The van der Waals surface area contributed by atoms with Crippen molar-refractivity contribution in [1.29, 1.82) is 5.41 Å². The Bertz CT molecular complexity index is 270. The van der Waals surface area contributed by atoms with Gasteiger partial charge in [0.1, 0.15) is 0 Å². The average Bonchev–Trinajstić information content (AvgIpc) is 2.36. The van der Waals surface area contributed by atoms with Crippen molar-refractivity contribution in [2.75, 3.05) is 6.61 Å². The fourth-order valence-corrected chi connectivity index (χ4v) is 1.49. The molecule has 0 aromatic carbocycles. The van der Waals surface area contributed by atoms with Gasteiger partial charge in [-0.25, -0.2) is 4.98 Å². The van der Waals surface area contributed by atoms with Crippen LogP contribution in [0.5, 0.6) is 0 Å². The minimum Gasteiger partial charge on any atom is -0.481 e. The van der Waals surface area contributed by atoms with E-state index in [1.807, 2.05) is 19.2 Å². The quantitative estimate of drug-likeness (QED) is 0.577. The van der Waals surface area contributed by atoms with E-state index in [1.165, 1.54) is 0 Å². The molecular weight excluding hydrogens is 172 g/mol. The molecule has 0 aliphatic rings. The number of thiazole rings is 1. The molecule has 66 valence electrons. The molecule has 0 saturated heterocycles. The van der Waals surface area contributed by atoms with E-state index < -0.39 is 0 Å². The largest absolute Gasteiger partial charge is 0.481 e. The van der Waals surface area contributed by atoms with Crippen molar-refractivity contribution in [3.63, 3.8) is 0 Å². The molecule has 0 amide bonds. The van der Waals surface area contributed by atoms with Crippen molar-refractivity contribution in [1.82, 2.24) is 4.98 Å². The Hall–Kier alpha value is -0.900. The predicted molar refractivity (Wildman–Crippen MR) is 49.9 cm³/mol. The van der Waals surface area contributed by atoms with Gasteiger partial charge in [0, 0.05) is 5.38 Å². The lowest BCUT2D eigenvalue weighted by Gasteiger charge is -2.01. The van der Waals surface area contributed by atoms with Gasteiger partial charge in [0.15, 0.2) is 5.90 Å². The zero-order valence-electron chi connectivity index (χ0n) is 7.26. The van der Waals surface area contributed by atoms with Crippen LogP contribution >= 0.6 is 11.3 Å². The maximum Gasteiger partial charge on any atom is 0.186 e. The standard InChI is InChI=1S/C8H12N2OS/c1-3-11-8(9)4-7-5-12-6(2)10-7/h5,9H,3-4H2,1-2H3. The van der Waals surface area contributed by atoms with E-state index in [9.17, 15) is 0 Å². The molecule has 0 spiro atoms. The maximum atomic E-state index is 7.38. The van der Waals surface area contributed by atoms with Crippen molar-refractivity contribution in [2.45, 2.75) is 20.3 Å². The highest BCUT2D eigenvalue weighted by molar-refractivity contribution is 7.09.